The summed E-state index contributed by atoms with van der Waals surface area (Å²) in [5.41, 5.74) is 2.72. The van der Waals surface area contributed by atoms with E-state index in [1.165, 1.54) is 30.4 Å². The van der Waals surface area contributed by atoms with Crippen molar-refractivity contribution in [2.75, 3.05) is 39.8 Å². The van der Waals surface area contributed by atoms with Gasteiger partial charge in [-0.15, -0.1) is 12.4 Å². The highest BCUT2D eigenvalue weighted by molar-refractivity contribution is 5.85. The van der Waals surface area contributed by atoms with Crippen LogP contribution in [0, 0.1) is 5.92 Å². The van der Waals surface area contributed by atoms with Gasteiger partial charge in [0.25, 0.3) is 0 Å². The van der Waals surface area contributed by atoms with Gasteiger partial charge in [0, 0.05) is 13.1 Å². The number of benzene rings is 1. The number of nitrogens with one attached hydrogen (secondary N) is 1. The largest absolute Gasteiger partial charge is 0.337 e. The van der Waals surface area contributed by atoms with Gasteiger partial charge in [-0.2, -0.15) is 0 Å². The van der Waals surface area contributed by atoms with Gasteiger partial charge in [-0.05, 0) is 69.4 Å². The average molecular weight is 352 g/mol. The molecule has 0 unspecified atom stereocenters. The maximum absolute atomic E-state index is 12.6. The van der Waals surface area contributed by atoms with Crippen LogP contribution in [0.4, 0.5) is 0 Å². The summed E-state index contributed by atoms with van der Waals surface area (Å²) in [6.07, 6.45) is 4.73. The molecule has 0 spiro atoms. The van der Waals surface area contributed by atoms with Crippen LogP contribution in [0.1, 0.15) is 30.4 Å². The minimum atomic E-state index is 0. The minimum Gasteiger partial charge on any atom is -0.337 e. The Morgan fingerprint density at radius 1 is 1.17 bits per heavy atom. The summed E-state index contributed by atoms with van der Waals surface area (Å²) >= 11 is 0. The molecule has 24 heavy (non-hydrogen) atoms. The molecule has 0 radical (unpaired) electrons. The zero-order chi connectivity index (χ0) is 16.1. The molecule has 2 aliphatic rings. The molecule has 1 amide bonds. The van der Waals surface area contributed by atoms with E-state index in [-0.39, 0.29) is 12.4 Å². The second kappa shape index (κ2) is 9.40. The van der Waals surface area contributed by atoms with Gasteiger partial charge in [0.05, 0.1) is 6.54 Å². The quantitative estimate of drug-likeness (QED) is 0.884. The number of halogens is 1. The van der Waals surface area contributed by atoms with E-state index in [2.05, 4.69) is 34.5 Å². The summed E-state index contributed by atoms with van der Waals surface area (Å²) in [6.45, 7) is 5.51. The van der Waals surface area contributed by atoms with Gasteiger partial charge < -0.3 is 10.2 Å². The molecule has 0 saturated carbocycles. The number of carbonyl (C=O) groups excluding carboxylic acids is 1. The third-order valence-corrected chi connectivity index (χ3v) is 5.35. The van der Waals surface area contributed by atoms with E-state index >= 15 is 0 Å². The number of rotatable bonds is 5. The van der Waals surface area contributed by atoms with E-state index in [9.17, 15) is 4.79 Å². The fourth-order valence-electron chi connectivity index (χ4n) is 3.78. The summed E-state index contributed by atoms with van der Waals surface area (Å²) in [6, 6.07) is 8.51. The molecule has 4 nitrogen and oxygen atoms in total. The first kappa shape index (κ1) is 19.2. The SMILES string of the molecule is CNCCC1CCN(CC(=O)N2CCc3ccccc3C2)CC1.Cl. The van der Waals surface area contributed by atoms with Crippen LogP contribution in [0.15, 0.2) is 24.3 Å². The van der Waals surface area contributed by atoms with Crippen LogP contribution in [0.2, 0.25) is 0 Å². The number of nitrogens with zero attached hydrogens (tertiary/aromatic N) is 2. The van der Waals surface area contributed by atoms with Crippen molar-refractivity contribution < 1.29 is 4.79 Å². The Balaban J connectivity index is 0.00000208. The zero-order valence-electron chi connectivity index (χ0n) is 14.7. The third kappa shape index (κ3) is 4.95. The molecular formula is C19H30ClN3O. The van der Waals surface area contributed by atoms with E-state index in [0.29, 0.717) is 12.5 Å². The third-order valence-electron chi connectivity index (χ3n) is 5.35. The first-order valence-corrected chi connectivity index (χ1v) is 8.98. The Bertz CT molecular complexity index is 529. The van der Waals surface area contributed by atoms with Crippen LogP contribution >= 0.6 is 12.4 Å². The predicted molar refractivity (Wildman–Crippen MR) is 101 cm³/mol. The number of carbonyl (C=O) groups is 1. The topological polar surface area (TPSA) is 35.6 Å². The van der Waals surface area contributed by atoms with Gasteiger partial charge >= 0.3 is 0 Å². The molecule has 0 bridgehead atoms. The second-order valence-electron chi connectivity index (χ2n) is 6.95. The first-order valence-electron chi connectivity index (χ1n) is 8.98. The lowest BCUT2D eigenvalue weighted by atomic mass is 9.93. The molecule has 134 valence electrons. The molecule has 1 N–H and O–H groups in total. The van der Waals surface area contributed by atoms with Gasteiger partial charge in [0.1, 0.15) is 0 Å². The van der Waals surface area contributed by atoms with Crippen molar-refractivity contribution in [2.24, 2.45) is 5.92 Å². The Morgan fingerprint density at radius 3 is 2.58 bits per heavy atom. The van der Waals surface area contributed by atoms with E-state index in [1.807, 2.05) is 11.9 Å². The number of amides is 1. The summed E-state index contributed by atoms with van der Waals surface area (Å²) in [5.74, 6) is 1.13. The standard InChI is InChI=1S/C19H29N3O.ClH/c1-20-10-6-16-7-11-21(12-8-16)15-19(23)22-13-9-17-4-2-3-5-18(17)14-22;/h2-5,16,20H,6-15H2,1H3;1H. The van der Waals surface area contributed by atoms with Crippen molar-refractivity contribution in [1.82, 2.24) is 15.1 Å². The van der Waals surface area contributed by atoms with Gasteiger partial charge in [0.2, 0.25) is 5.91 Å². The molecular weight excluding hydrogens is 322 g/mol. The van der Waals surface area contributed by atoms with E-state index in [1.54, 1.807) is 0 Å². The molecule has 0 aromatic heterocycles. The highest BCUT2D eigenvalue weighted by Gasteiger charge is 2.24. The molecule has 2 aliphatic heterocycles. The highest BCUT2D eigenvalue weighted by Crippen LogP contribution is 2.21. The number of hydrogen-bond acceptors (Lipinski definition) is 3. The van der Waals surface area contributed by atoms with Gasteiger partial charge in [0.15, 0.2) is 0 Å². The maximum atomic E-state index is 12.6. The summed E-state index contributed by atoms with van der Waals surface area (Å²) in [5, 5.41) is 3.24. The monoisotopic (exact) mass is 351 g/mol. The second-order valence-corrected chi connectivity index (χ2v) is 6.95. The van der Waals surface area contributed by atoms with Crippen LogP contribution < -0.4 is 5.32 Å². The van der Waals surface area contributed by atoms with Crippen molar-refractivity contribution in [1.29, 1.82) is 0 Å². The normalized spacial score (nSPS) is 18.8. The Labute approximate surface area is 152 Å². The summed E-state index contributed by atoms with van der Waals surface area (Å²) in [7, 11) is 2.02. The van der Waals surface area contributed by atoms with Crippen molar-refractivity contribution >= 4 is 18.3 Å². The van der Waals surface area contributed by atoms with Gasteiger partial charge in [-0.3, -0.25) is 9.69 Å². The van der Waals surface area contributed by atoms with Crippen molar-refractivity contribution in [3.8, 4) is 0 Å². The molecule has 5 heteroatoms. The zero-order valence-corrected chi connectivity index (χ0v) is 15.5. The number of fused-ring (bicyclic) bond motifs is 1. The Morgan fingerprint density at radius 2 is 1.88 bits per heavy atom. The lowest BCUT2D eigenvalue weighted by Gasteiger charge is -2.34. The molecule has 0 aliphatic carbocycles. The molecule has 1 aromatic carbocycles. The molecule has 2 heterocycles. The van der Waals surface area contributed by atoms with E-state index in [4.69, 9.17) is 0 Å². The number of likely N-dealkylation sites (tertiary alicyclic amines) is 1. The molecule has 1 aromatic rings. The Hall–Kier alpha value is -1.10. The maximum Gasteiger partial charge on any atom is 0.237 e. The van der Waals surface area contributed by atoms with Crippen LogP contribution in [0.25, 0.3) is 0 Å². The van der Waals surface area contributed by atoms with Crippen molar-refractivity contribution in [3.63, 3.8) is 0 Å². The average Bonchev–Trinajstić information content (AvgIpc) is 2.60. The lowest BCUT2D eigenvalue weighted by Crippen LogP contribution is -2.45. The fraction of sp³-hybridized carbons (Fsp3) is 0.632. The number of hydrogen-bond donors (Lipinski definition) is 1. The van der Waals surface area contributed by atoms with E-state index < -0.39 is 0 Å². The van der Waals surface area contributed by atoms with E-state index in [0.717, 1.165) is 45.1 Å². The minimum absolute atomic E-state index is 0. The highest BCUT2D eigenvalue weighted by atomic mass is 35.5. The van der Waals surface area contributed by atoms with Gasteiger partial charge in [-0.25, -0.2) is 0 Å². The van der Waals surface area contributed by atoms with Crippen molar-refractivity contribution in [3.05, 3.63) is 35.4 Å². The summed E-state index contributed by atoms with van der Waals surface area (Å²) in [4.78, 5) is 17.0. The van der Waals surface area contributed by atoms with Crippen molar-refractivity contribution in [2.45, 2.75) is 32.2 Å². The lowest BCUT2D eigenvalue weighted by molar-refractivity contribution is -0.133. The molecule has 3 rings (SSSR count). The van der Waals surface area contributed by atoms with Crippen LogP contribution in [0.3, 0.4) is 0 Å². The molecule has 1 fully saturated rings. The smallest absolute Gasteiger partial charge is 0.237 e. The summed E-state index contributed by atoms with van der Waals surface area (Å²) < 4.78 is 0. The first-order chi connectivity index (χ1) is 11.3. The number of piperidine rings is 1. The fourth-order valence-corrected chi connectivity index (χ4v) is 3.78. The van der Waals surface area contributed by atoms with Crippen LogP contribution in [-0.2, 0) is 17.8 Å². The predicted octanol–water partition coefficient (Wildman–Crippen LogP) is 2.31. The molecule has 1 saturated heterocycles. The van der Waals surface area contributed by atoms with Crippen LogP contribution in [-0.4, -0.2) is 55.5 Å². The van der Waals surface area contributed by atoms with Crippen LogP contribution in [0.5, 0.6) is 0 Å². The molecule has 0 atom stereocenters. The van der Waals surface area contributed by atoms with Gasteiger partial charge in [-0.1, -0.05) is 24.3 Å². The Kier molecular flexibility index (Phi) is 7.53.